The van der Waals surface area contributed by atoms with Gasteiger partial charge in [-0.3, -0.25) is 4.68 Å². The fourth-order valence-corrected chi connectivity index (χ4v) is 2.67. The van der Waals surface area contributed by atoms with E-state index < -0.39 is 0 Å². The molecule has 0 fully saturated rings. The molecule has 0 aliphatic heterocycles. The minimum absolute atomic E-state index is 0.0384. The molecule has 1 unspecified atom stereocenters. The number of aryl methyl sites for hydroxylation is 1. The van der Waals surface area contributed by atoms with Crippen molar-refractivity contribution in [1.82, 2.24) is 25.4 Å². The van der Waals surface area contributed by atoms with Crippen molar-refractivity contribution in [3.05, 3.63) is 35.9 Å². The van der Waals surface area contributed by atoms with Gasteiger partial charge in [0.05, 0.1) is 19.3 Å². The van der Waals surface area contributed by atoms with Gasteiger partial charge in [0.25, 0.3) is 0 Å². The summed E-state index contributed by atoms with van der Waals surface area (Å²) in [5, 5.41) is 10.8. The smallest absolute Gasteiger partial charge is 0.192 e. The van der Waals surface area contributed by atoms with Crippen molar-refractivity contribution in [3.63, 3.8) is 0 Å². The summed E-state index contributed by atoms with van der Waals surface area (Å²) in [7, 11) is 1.86. The average molecular weight is 403 g/mol. The lowest BCUT2D eigenvalue weighted by atomic mass is 10.1. The molecule has 0 spiro atoms. The van der Waals surface area contributed by atoms with Crippen LogP contribution in [-0.4, -0.2) is 40.5 Å². The molecule has 1 atom stereocenters. The maximum atomic E-state index is 5.92. The second-order valence-corrected chi connectivity index (χ2v) is 6.76. The zero-order chi connectivity index (χ0) is 21.1. The first-order valence-corrected chi connectivity index (χ1v) is 10.4. The highest BCUT2D eigenvalue weighted by Crippen LogP contribution is 2.31. The van der Waals surface area contributed by atoms with E-state index in [4.69, 9.17) is 9.47 Å². The van der Waals surface area contributed by atoms with Gasteiger partial charge in [-0.05, 0) is 44.4 Å². The Hall–Kier alpha value is -2.77. The number of guanidine groups is 1. The summed E-state index contributed by atoms with van der Waals surface area (Å²) in [5.41, 5.74) is 1.10. The average Bonchev–Trinajstić information content (AvgIpc) is 3.14. The highest BCUT2D eigenvalue weighted by molar-refractivity contribution is 5.80. The molecule has 0 saturated heterocycles. The number of rotatable bonds is 11. The first-order chi connectivity index (χ1) is 14.1. The van der Waals surface area contributed by atoms with Gasteiger partial charge in [0.2, 0.25) is 0 Å². The number of hydrogen-bond acceptors (Lipinski definition) is 5. The largest absolute Gasteiger partial charge is 0.490 e. The predicted molar refractivity (Wildman–Crippen MR) is 115 cm³/mol. The molecule has 1 aromatic carbocycles. The Morgan fingerprint density at radius 2 is 1.86 bits per heavy atom. The SMILES string of the molecule is CCCOc1ccc(C(C)NC(=NCc2ncnn2C)NCC)cc1OCCC. The summed E-state index contributed by atoms with van der Waals surface area (Å²) in [6, 6.07) is 6.13. The molecule has 29 heavy (non-hydrogen) atoms. The first kappa shape index (κ1) is 22.5. The number of nitrogens with one attached hydrogen (secondary N) is 2. The van der Waals surface area contributed by atoms with Crippen molar-refractivity contribution in [1.29, 1.82) is 0 Å². The molecule has 2 rings (SSSR count). The van der Waals surface area contributed by atoms with Gasteiger partial charge in [0, 0.05) is 13.6 Å². The molecule has 0 amide bonds. The van der Waals surface area contributed by atoms with Crippen LogP contribution in [0, 0.1) is 0 Å². The molecule has 8 nitrogen and oxygen atoms in total. The van der Waals surface area contributed by atoms with E-state index in [9.17, 15) is 0 Å². The molecule has 0 radical (unpaired) electrons. The van der Waals surface area contributed by atoms with E-state index in [-0.39, 0.29) is 6.04 Å². The lowest BCUT2D eigenvalue weighted by molar-refractivity contribution is 0.268. The Bertz CT molecular complexity index is 774. The highest BCUT2D eigenvalue weighted by atomic mass is 16.5. The molecule has 1 heterocycles. The third-order valence-electron chi connectivity index (χ3n) is 4.27. The van der Waals surface area contributed by atoms with Gasteiger partial charge in [-0.1, -0.05) is 19.9 Å². The van der Waals surface area contributed by atoms with Gasteiger partial charge in [-0.15, -0.1) is 0 Å². The number of aliphatic imine (C=N–C) groups is 1. The van der Waals surface area contributed by atoms with Crippen molar-refractivity contribution in [2.75, 3.05) is 19.8 Å². The Balaban J connectivity index is 2.13. The third-order valence-corrected chi connectivity index (χ3v) is 4.27. The molecule has 0 aliphatic carbocycles. The maximum absolute atomic E-state index is 5.92. The van der Waals surface area contributed by atoms with Gasteiger partial charge in [-0.25, -0.2) is 9.98 Å². The van der Waals surface area contributed by atoms with Crippen LogP contribution in [-0.2, 0) is 13.6 Å². The van der Waals surface area contributed by atoms with E-state index in [1.807, 2.05) is 26.1 Å². The normalized spacial score (nSPS) is 12.5. The van der Waals surface area contributed by atoms with Crippen molar-refractivity contribution < 1.29 is 9.47 Å². The Morgan fingerprint density at radius 1 is 1.14 bits per heavy atom. The van der Waals surface area contributed by atoms with E-state index in [1.54, 1.807) is 4.68 Å². The van der Waals surface area contributed by atoms with Crippen LogP contribution in [0.4, 0.5) is 0 Å². The summed E-state index contributed by atoms with van der Waals surface area (Å²) in [5.74, 6) is 3.11. The lowest BCUT2D eigenvalue weighted by Crippen LogP contribution is -2.38. The van der Waals surface area contributed by atoms with Crippen molar-refractivity contribution in [2.45, 2.75) is 53.1 Å². The number of nitrogens with zero attached hydrogens (tertiary/aromatic N) is 4. The number of aromatic nitrogens is 3. The van der Waals surface area contributed by atoms with Crippen LogP contribution in [0.15, 0.2) is 29.5 Å². The van der Waals surface area contributed by atoms with Gasteiger partial charge in [0.1, 0.15) is 18.7 Å². The zero-order valence-electron chi connectivity index (χ0n) is 18.2. The summed E-state index contributed by atoms with van der Waals surface area (Å²) in [6.07, 6.45) is 3.44. The summed E-state index contributed by atoms with van der Waals surface area (Å²) < 4.78 is 13.5. The van der Waals surface area contributed by atoms with E-state index in [2.05, 4.69) is 52.5 Å². The zero-order valence-corrected chi connectivity index (χ0v) is 18.2. The first-order valence-electron chi connectivity index (χ1n) is 10.4. The lowest BCUT2D eigenvalue weighted by Gasteiger charge is -2.20. The minimum atomic E-state index is 0.0384. The van der Waals surface area contributed by atoms with Gasteiger partial charge >= 0.3 is 0 Å². The molecule has 2 aromatic rings. The fraction of sp³-hybridized carbons (Fsp3) is 0.571. The standard InChI is InChI=1S/C21H34N6O2/c1-6-11-28-18-10-9-17(13-19(18)29-12-7-2)16(4)26-21(22-8-3)23-14-20-24-15-25-27(20)5/h9-10,13,15-16H,6-8,11-12,14H2,1-5H3,(H2,22,23,26). The van der Waals surface area contributed by atoms with E-state index in [0.717, 1.165) is 48.2 Å². The molecule has 8 heteroatoms. The summed E-state index contributed by atoms with van der Waals surface area (Å²) in [4.78, 5) is 8.85. The number of hydrogen-bond donors (Lipinski definition) is 2. The van der Waals surface area contributed by atoms with E-state index in [1.165, 1.54) is 6.33 Å². The van der Waals surface area contributed by atoms with Crippen molar-refractivity contribution in [2.24, 2.45) is 12.0 Å². The molecule has 0 saturated carbocycles. The topological polar surface area (TPSA) is 85.6 Å². The van der Waals surface area contributed by atoms with Crippen molar-refractivity contribution >= 4 is 5.96 Å². The van der Waals surface area contributed by atoms with Crippen molar-refractivity contribution in [3.8, 4) is 11.5 Å². The highest BCUT2D eigenvalue weighted by Gasteiger charge is 2.13. The van der Waals surface area contributed by atoms with Crippen LogP contribution in [0.5, 0.6) is 11.5 Å². The van der Waals surface area contributed by atoms with Gasteiger partial charge in [0.15, 0.2) is 17.5 Å². The summed E-state index contributed by atoms with van der Waals surface area (Å²) in [6.45, 7) is 10.9. The third kappa shape index (κ3) is 6.96. The van der Waals surface area contributed by atoms with Crippen LogP contribution < -0.4 is 20.1 Å². The molecular formula is C21H34N6O2. The van der Waals surface area contributed by atoms with Crippen LogP contribution in [0.3, 0.4) is 0 Å². The van der Waals surface area contributed by atoms with E-state index >= 15 is 0 Å². The van der Waals surface area contributed by atoms with Crippen LogP contribution in [0.2, 0.25) is 0 Å². The van der Waals surface area contributed by atoms with Gasteiger partial charge in [-0.2, -0.15) is 5.10 Å². The molecule has 160 valence electrons. The van der Waals surface area contributed by atoms with Crippen LogP contribution in [0.1, 0.15) is 58.0 Å². The van der Waals surface area contributed by atoms with Crippen LogP contribution >= 0.6 is 0 Å². The Labute approximate surface area is 173 Å². The maximum Gasteiger partial charge on any atom is 0.192 e. The molecule has 0 bridgehead atoms. The number of benzene rings is 1. The number of ether oxygens (including phenoxy) is 2. The van der Waals surface area contributed by atoms with Gasteiger partial charge < -0.3 is 20.1 Å². The monoisotopic (exact) mass is 402 g/mol. The molecule has 1 aromatic heterocycles. The fourth-order valence-electron chi connectivity index (χ4n) is 2.67. The second-order valence-electron chi connectivity index (χ2n) is 6.76. The Kier molecular flexibility index (Phi) is 9.27. The Morgan fingerprint density at radius 3 is 2.48 bits per heavy atom. The van der Waals surface area contributed by atoms with E-state index in [0.29, 0.717) is 19.8 Å². The molecule has 2 N–H and O–H groups in total. The quantitative estimate of drug-likeness (QED) is 0.443. The second kappa shape index (κ2) is 11.9. The molecule has 0 aliphatic rings. The summed E-state index contributed by atoms with van der Waals surface area (Å²) >= 11 is 0. The minimum Gasteiger partial charge on any atom is -0.490 e. The molecular weight excluding hydrogens is 368 g/mol. The predicted octanol–water partition coefficient (Wildman–Crippen LogP) is 3.21. The van der Waals surface area contributed by atoms with Crippen LogP contribution in [0.25, 0.3) is 0 Å².